The number of rotatable bonds is 7. The molecular weight excluding hydrogens is 170 g/mol. The highest BCUT2D eigenvalue weighted by Crippen LogP contribution is 2.03. The van der Waals surface area contributed by atoms with Crippen LogP contribution in [0.1, 0.15) is 46.5 Å². The molecule has 0 atom stereocenters. The fourth-order valence-electron chi connectivity index (χ4n) is 1.21. The summed E-state index contributed by atoms with van der Waals surface area (Å²) >= 11 is 0. The average molecular weight is 193 g/mol. The molecule has 0 amide bonds. The van der Waals surface area contributed by atoms with Gasteiger partial charge in [0.05, 0.1) is 0 Å². The Morgan fingerprint density at radius 1 is 1.36 bits per heavy atom. The van der Waals surface area contributed by atoms with E-state index in [1.807, 2.05) is 6.92 Å². The van der Waals surface area contributed by atoms with Crippen LogP contribution >= 0.6 is 0 Å². The SMILES string of the molecule is CC#CCC/C(C)=C\CCNCCC. The van der Waals surface area contributed by atoms with Gasteiger partial charge in [-0.3, -0.25) is 0 Å². The third kappa shape index (κ3) is 9.35. The van der Waals surface area contributed by atoms with Gasteiger partial charge in [0.15, 0.2) is 0 Å². The van der Waals surface area contributed by atoms with Crippen molar-refractivity contribution in [1.82, 2.24) is 5.32 Å². The van der Waals surface area contributed by atoms with Gasteiger partial charge in [-0.25, -0.2) is 0 Å². The summed E-state index contributed by atoms with van der Waals surface area (Å²) in [4.78, 5) is 0. The number of hydrogen-bond acceptors (Lipinski definition) is 1. The first-order valence-corrected chi connectivity index (χ1v) is 5.57. The molecule has 0 spiro atoms. The summed E-state index contributed by atoms with van der Waals surface area (Å²) in [7, 11) is 0. The molecule has 0 radical (unpaired) electrons. The van der Waals surface area contributed by atoms with Crippen LogP contribution in [0.4, 0.5) is 0 Å². The molecule has 0 heterocycles. The summed E-state index contributed by atoms with van der Waals surface area (Å²) in [5.41, 5.74) is 1.46. The van der Waals surface area contributed by atoms with Crippen molar-refractivity contribution in [2.45, 2.75) is 46.5 Å². The van der Waals surface area contributed by atoms with Crippen LogP contribution < -0.4 is 5.32 Å². The number of nitrogens with one attached hydrogen (secondary N) is 1. The van der Waals surface area contributed by atoms with Crippen LogP contribution in [0.2, 0.25) is 0 Å². The summed E-state index contributed by atoms with van der Waals surface area (Å²) in [6, 6.07) is 0. The molecule has 1 heteroatoms. The summed E-state index contributed by atoms with van der Waals surface area (Å²) in [5, 5.41) is 3.39. The molecule has 0 aliphatic heterocycles. The van der Waals surface area contributed by atoms with E-state index in [0.717, 1.165) is 32.4 Å². The standard InChI is InChI=1S/C13H23N/c1-4-6-7-9-13(3)10-8-12-14-11-5-2/h10,14H,5,7-9,11-12H2,1-3H3/b13-10-. The number of allylic oxidation sites excluding steroid dienone is 1. The Morgan fingerprint density at radius 3 is 2.79 bits per heavy atom. The molecule has 0 aromatic heterocycles. The van der Waals surface area contributed by atoms with Crippen LogP contribution in [-0.2, 0) is 0 Å². The zero-order valence-corrected chi connectivity index (χ0v) is 9.82. The summed E-state index contributed by atoms with van der Waals surface area (Å²) in [6.07, 6.45) is 6.80. The van der Waals surface area contributed by atoms with Crippen molar-refractivity contribution in [1.29, 1.82) is 0 Å². The Balaban J connectivity index is 3.39. The lowest BCUT2D eigenvalue weighted by Gasteiger charge is -2.00. The van der Waals surface area contributed by atoms with E-state index in [9.17, 15) is 0 Å². The summed E-state index contributed by atoms with van der Waals surface area (Å²) in [6.45, 7) is 8.52. The van der Waals surface area contributed by atoms with Crippen molar-refractivity contribution in [3.8, 4) is 11.8 Å². The maximum atomic E-state index is 3.39. The normalized spacial score (nSPS) is 10.9. The molecule has 0 unspecified atom stereocenters. The van der Waals surface area contributed by atoms with Gasteiger partial charge in [-0.15, -0.1) is 11.8 Å². The lowest BCUT2D eigenvalue weighted by Crippen LogP contribution is -2.15. The Hall–Kier alpha value is -0.740. The second-order valence-electron chi connectivity index (χ2n) is 3.52. The minimum absolute atomic E-state index is 1.00. The molecule has 0 saturated heterocycles. The first kappa shape index (κ1) is 13.3. The van der Waals surface area contributed by atoms with Crippen molar-refractivity contribution in [3.05, 3.63) is 11.6 Å². The molecule has 0 fully saturated rings. The van der Waals surface area contributed by atoms with Gasteiger partial charge >= 0.3 is 0 Å². The molecule has 1 nitrogen and oxygen atoms in total. The molecule has 0 rings (SSSR count). The number of hydrogen-bond donors (Lipinski definition) is 1. The molecule has 0 aromatic carbocycles. The molecule has 0 aliphatic rings. The van der Waals surface area contributed by atoms with Crippen LogP contribution in [0.5, 0.6) is 0 Å². The van der Waals surface area contributed by atoms with E-state index in [1.54, 1.807) is 0 Å². The van der Waals surface area contributed by atoms with Crippen LogP contribution in [0.3, 0.4) is 0 Å². The van der Waals surface area contributed by atoms with Crippen molar-refractivity contribution < 1.29 is 0 Å². The predicted octanol–water partition coefficient (Wildman–Crippen LogP) is 3.13. The molecular formula is C13H23N. The maximum Gasteiger partial charge on any atom is 0.0126 e. The van der Waals surface area contributed by atoms with Gasteiger partial charge < -0.3 is 5.32 Å². The van der Waals surface area contributed by atoms with Crippen molar-refractivity contribution in [2.75, 3.05) is 13.1 Å². The van der Waals surface area contributed by atoms with E-state index >= 15 is 0 Å². The van der Waals surface area contributed by atoms with E-state index < -0.39 is 0 Å². The monoisotopic (exact) mass is 193 g/mol. The molecule has 14 heavy (non-hydrogen) atoms. The van der Waals surface area contributed by atoms with Gasteiger partial charge in [0, 0.05) is 6.42 Å². The van der Waals surface area contributed by atoms with Gasteiger partial charge in [0.1, 0.15) is 0 Å². The van der Waals surface area contributed by atoms with Gasteiger partial charge in [0.25, 0.3) is 0 Å². The Labute approximate surface area is 89.0 Å². The molecule has 0 bridgehead atoms. The van der Waals surface area contributed by atoms with Crippen molar-refractivity contribution >= 4 is 0 Å². The predicted molar refractivity (Wildman–Crippen MR) is 64.2 cm³/mol. The van der Waals surface area contributed by atoms with Crippen LogP contribution in [0.25, 0.3) is 0 Å². The van der Waals surface area contributed by atoms with E-state index in [4.69, 9.17) is 0 Å². The third-order valence-electron chi connectivity index (χ3n) is 2.06. The van der Waals surface area contributed by atoms with E-state index in [2.05, 4.69) is 37.1 Å². The second kappa shape index (κ2) is 10.3. The molecule has 0 aliphatic carbocycles. The largest absolute Gasteiger partial charge is 0.316 e. The second-order valence-corrected chi connectivity index (χ2v) is 3.52. The van der Waals surface area contributed by atoms with Crippen LogP contribution in [0.15, 0.2) is 11.6 Å². The quantitative estimate of drug-likeness (QED) is 0.372. The zero-order chi connectivity index (χ0) is 10.6. The molecule has 1 N–H and O–H groups in total. The van der Waals surface area contributed by atoms with E-state index in [1.165, 1.54) is 12.0 Å². The topological polar surface area (TPSA) is 12.0 Å². The molecule has 0 aromatic rings. The highest BCUT2D eigenvalue weighted by Gasteiger charge is 1.88. The van der Waals surface area contributed by atoms with Gasteiger partial charge in [-0.2, -0.15) is 0 Å². The molecule has 80 valence electrons. The lowest BCUT2D eigenvalue weighted by molar-refractivity contribution is 0.676. The smallest absolute Gasteiger partial charge is 0.0126 e. The summed E-state index contributed by atoms with van der Waals surface area (Å²) < 4.78 is 0. The van der Waals surface area contributed by atoms with Gasteiger partial charge in [-0.1, -0.05) is 18.6 Å². The highest BCUT2D eigenvalue weighted by atomic mass is 14.8. The fraction of sp³-hybridized carbons (Fsp3) is 0.692. The minimum Gasteiger partial charge on any atom is -0.316 e. The maximum absolute atomic E-state index is 3.39. The lowest BCUT2D eigenvalue weighted by atomic mass is 10.1. The highest BCUT2D eigenvalue weighted by molar-refractivity contribution is 5.03. The Bertz CT molecular complexity index is 205. The first-order valence-electron chi connectivity index (χ1n) is 5.57. The fourth-order valence-corrected chi connectivity index (χ4v) is 1.21. The van der Waals surface area contributed by atoms with Crippen molar-refractivity contribution in [2.24, 2.45) is 0 Å². The third-order valence-corrected chi connectivity index (χ3v) is 2.06. The molecule has 0 saturated carbocycles. The first-order chi connectivity index (χ1) is 6.81. The minimum atomic E-state index is 1.00. The zero-order valence-electron chi connectivity index (χ0n) is 9.82. The van der Waals surface area contributed by atoms with E-state index in [-0.39, 0.29) is 0 Å². The van der Waals surface area contributed by atoms with Crippen LogP contribution in [-0.4, -0.2) is 13.1 Å². The Kier molecular flexibility index (Phi) is 9.79. The Morgan fingerprint density at radius 2 is 2.14 bits per heavy atom. The van der Waals surface area contributed by atoms with Crippen LogP contribution in [0, 0.1) is 11.8 Å². The van der Waals surface area contributed by atoms with E-state index in [0.29, 0.717) is 0 Å². The van der Waals surface area contributed by atoms with Gasteiger partial charge in [-0.05, 0) is 46.2 Å². The average Bonchev–Trinajstić information content (AvgIpc) is 2.18. The summed E-state index contributed by atoms with van der Waals surface area (Å²) in [5.74, 6) is 6.00. The van der Waals surface area contributed by atoms with Gasteiger partial charge in [0.2, 0.25) is 0 Å². The van der Waals surface area contributed by atoms with Crippen molar-refractivity contribution in [3.63, 3.8) is 0 Å².